The van der Waals surface area contributed by atoms with Gasteiger partial charge in [-0.1, -0.05) is 24.3 Å². The lowest BCUT2D eigenvalue weighted by atomic mass is 10.1. The van der Waals surface area contributed by atoms with E-state index in [2.05, 4.69) is 5.10 Å². The molecule has 0 aliphatic carbocycles. The van der Waals surface area contributed by atoms with E-state index < -0.39 is 4.92 Å². The summed E-state index contributed by atoms with van der Waals surface area (Å²) in [6.45, 7) is 3.67. The number of nitrogens with zero attached hydrogens (tertiary/aromatic N) is 3. The molecule has 3 rings (SSSR count). The van der Waals surface area contributed by atoms with Gasteiger partial charge in [-0.25, -0.2) is 4.68 Å². The number of benzene rings is 2. The van der Waals surface area contributed by atoms with Crippen LogP contribution in [0.1, 0.15) is 27.3 Å². The third kappa shape index (κ3) is 3.44. The van der Waals surface area contributed by atoms with Crippen LogP contribution < -0.4 is 0 Å². The van der Waals surface area contributed by atoms with Crippen molar-refractivity contribution in [3.63, 3.8) is 0 Å². The Kier molecular flexibility index (Phi) is 4.75. The van der Waals surface area contributed by atoms with E-state index in [1.54, 1.807) is 29.8 Å². The molecule has 0 bridgehead atoms. The Labute approximate surface area is 150 Å². The SMILES string of the molecule is Cc1nn(-c2ccccc2)c(C)c1C(=O)/C=C/c1ccc([N+](=O)[O-])cc1. The number of ketones is 1. The number of carbonyl (C=O) groups is 1. The average Bonchev–Trinajstić information content (AvgIpc) is 2.95. The van der Waals surface area contributed by atoms with Crippen molar-refractivity contribution in [2.45, 2.75) is 13.8 Å². The van der Waals surface area contributed by atoms with Crippen LogP contribution in [0.4, 0.5) is 5.69 Å². The molecule has 0 saturated heterocycles. The molecule has 0 spiro atoms. The van der Waals surface area contributed by atoms with Gasteiger partial charge in [0.05, 0.1) is 27.6 Å². The molecular formula is C20H17N3O3. The zero-order valence-electron chi connectivity index (χ0n) is 14.4. The van der Waals surface area contributed by atoms with Crippen molar-refractivity contribution in [1.29, 1.82) is 0 Å². The summed E-state index contributed by atoms with van der Waals surface area (Å²) in [5, 5.41) is 15.2. The number of hydrogen-bond acceptors (Lipinski definition) is 4. The molecule has 2 aromatic carbocycles. The zero-order valence-corrected chi connectivity index (χ0v) is 14.4. The van der Waals surface area contributed by atoms with Gasteiger partial charge in [0.1, 0.15) is 0 Å². The first-order chi connectivity index (χ1) is 12.5. The Bertz CT molecular complexity index is 987. The Balaban J connectivity index is 1.86. The fourth-order valence-electron chi connectivity index (χ4n) is 2.78. The van der Waals surface area contributed by atoms with Crippen molar-refractivity contribution in [3.05, 3.63) is 93.3 Å². The molecule has 0 radical (unpaired) electrons. The number of allylic oxidation sites excluding steroid dienone is 1. The summed E-state index contributed by atoms with van der Waals surface area (Å²) in [6, 6.07) is 15.7. The zero-order chi connectivity index (χ0) is 18.7. The second kappa shape index (κ2) is 7.14. The Morgan fingerprint density at radius 3 is 2.35 bits per heavy atom. The lowest BCUT2D eigenvalue weighted by molar-refractivity contribution is -0.384. The molecule has 0 unspecified atom stereocenters. The van der Waals surface area contributed by atoms with E-state index in [-0.39, 0.29) is 11.5 Å². The molecule has 1 aromatic heterocycles. The minimum atomic E-state index is -0.455. The third-order valence-corrected chi connectivity index (χ3v) is 4.07. The van der Waals surface area contributed by atoms with Gasteiger partial charge in [0.15, 0.2) is 5.78 Å². The van der Waals surface area contributed by atoms with Crippen molar-refractivity contribution in [2.75, 3.05) is 0 Å². The second-order valence-electron chi connectivity index (χ2n) is 5.84. The second-order valence-corrected chi connectivity index (χ2v) is 5.84. The van der Waals surface area contributed by atoms with Gasteiger partial charge in [0.2, 0.25) is 0 Å². The average molecular weight is 347 g/mol. The molecule has 0 N–H and O–H groups in total. The van der Waals surface area contributed by atoms with Crippen LogP contribution in [0.5, 0.6) is 0 Å². The predicted molar refractivity (Wildman–Crippen MR) is 99.5 cm³/mol. The predicted octanol–water partition coefficient (Wildman–Crippen LogP) is 4.29. The van der Waals surface area contributed by atoms with Gasteiger partial charge in [-0.2, -0.15) is 5.10 Å². The van der Waals surface area contributed by atoms with Crippen molar-refractivity contribution in [2.24, 2.45) is 0 Å². The van der Waals surface area contributed by atoms with Crippen LogP contribution in [0.25, 0.3) is 11.8 Å². The summed E-state index contributed by atoms with van der Waals surface area (Å²) < 4.78 is 1.75. The first-order valence-electron chi connectivity index (χ1n) is 8.06. The van der Waals surface area contributed by atoms with Crippen molar-refractivity contribution in [1.82, 2.24) is 9.78 Å². The minimum absolute atomic E-state index is 0.0179. The van der Waals surface area contributed by atoms with Gasteiger partial charge in [-0.05, 0) is 49.8 Å². The molecule has 6 heteroatoms. The minimum Gasteiger partial charge on any atom is -0.289 e. The highest BCUT2D eigenvalue weighted by molar-refractivity contribution is 6.08. The summed E-state index contributed by atoms with van der Waals surface area (Å²) in [4.78, 5) is 22.9. The lowest BCUT2D eigenvalue weighted by Crippen LogP contribution is -2.01. The highest BCUT2D eigenvalue weighted by atomic mass is 16.6. The largest absolute Gasteiger partial charge is 0.289 e. The van der Waals surface area contributed by atoms with Crippen LogP contribution in [0.3, 0.4) is 0 Å². The molecule has 3 aromatic rings. The smallest absolute Gasteiger partial charge is 0.269 e. The quantitative estimate of drug-likeness (QED) is 0.298. The molecule has 6 nitrogen and oxygen atoms in total. The van der Waals surface area contributed by atoms with Crippen molar-refractivity contribution in [3.8, 4) is 5.69 Å². The van der Waals surface area contributed by atoms with Crippen LogP contribution >= 0.6 is 0 Å². The maximum Gasteiger partial charge on any atom is 0.269 e. The first-order valence-corrected chi connectivity index (χ1v) is 8.06. The molecule has 0 aliphatic heterocycles. The molecule has 130 valence electrons. The summed E-state index contributed by atoms with van der Waals surface area (Å²) >= 11 is 0. The van der Waals surface area contributed by atoms with Gasteiger partial charge >= 0.3 is 0 Å². The van der Waals surface area contributed by atoms with Crippen LogP contribution in [0.2, 0.25) is 0 Å². The molecule has 0 atom stereocenters. The van der Waals surface area contributed by atoms with Gasteiger partial charge in [0.25, 0.3) is 5.69 Å². The number of nitro groups is 1. The number of aromatic nitrogens is 2. The molecule has 0 amide bonds. The van der Waals surface area contributed by atoms with E-state index >= 15 is 0 Å². The number of carbonyl (C=O) groups excluding carboxylic acids is 1. The summed E-state index contributed by atoms with van der Waals surface area (Å²) in [5.41, 5.74) is 3.62. The Hall–Kier alpha value is -3.54. The number of aryl methyl sites for hydroxylation is 1. The van der Waals surface area contributed by atoms with Gasteiger partial charge in [0, 0.05) is 12.1 Å². The number of nitro benzene ring substituents is 1. The van der Waals surface area contributed by atoms with E-state index in [0.717, 1.165) is 16.9 Å². The summed E-state index contributed by atoms with van der Waals surface area (Å²) in [5.74, 6) is -0.152. The van der Waals surface area contributed by atoms with Gasteiger partial charge in [-0.15, -0.1) is 0 Å². The molecule has 1 heterocycles. The lowest BCUT2D eigenvalue weighted by Gasteiger charge is -2.04. The standard InChI is InChI=1S/C20H17N3O3/c1-14-20(15(2)22(21-14)17-6-4-3-5-7-17)19(24)13-10-16-8-11-18(12-9-16)23(25)26/h3-13H,1-2H3/b13-10+. The van der Waals surface area contributed by atoms with Crippen molar-refractivity contribution < 1.29 is 9.72 Å². The van der Waals surface area contributed by atoms with Crippen LogP contribution in [-0.2, 0) is 0 Å². The van der Waals surface area contributed by atoms with Gasteiger partial charge in [-0.3, -0.25) is 14.9 Å². The van der Waals surface area contributed by atoms with E-state index in [0.29, 0.717) is 11.3 Å². The van der Waals surface area contributed by atoms with Crippen molar-refractivity contribution >= 4 is 17.5 Å². The van der Waals surface area contributed by atoms with E-state index in [1.807, 2.05) is 37.3 Å². The number of hydrogen-bond donors (Lipinski definition) is 0. The maximum atomic E-state index is 12.6. The highest BCUT2D eigenvalue weighted by Gasteiger charge is 2.17. The fourth-order valence-corrected chi connectivity index (χ4v) is 2.78. The topological polar surface area (TPSA) is 78.0 Å². The van der Waals surface area contributed by atoms with E-state index in [9.17, 15) is 14.9 Å². The maximum absolute atomic E-state index is 12.6. The molecule has 0 aliphatic rings. The highest BCUT2D eigenvalue weighted by Crippen LogP contribution is 2.19. The summed E-state index contributed by atoms with van der Waals surface area (Å²) in [7, 11) is 0. The van der Waals surface area contributed by atoms with Crippen LogP contribution in [0, 0.1) is 24.0 Å². The molecular weight excluding hydrogens is 330 g/mol. The van der Waals surface area contributed by atoms with Gasteiger partial charge < -0.3 is 0 Å². The third-order valence-electron chi connectivity index (χ3n) is 4.07. The number of non-ortho nitro benzene ring substituents is 1. The number of para-hydroxylation sites is 1. The Morgan fingerprint density at radius 1 is 1.08 bits per heavy atom. The molecule has 0 saturated carbocycles. The monoisotopic (exact) mass is 347 g/mol. The van der Waals surface area contributed by atoms with E-state index in [4.69, 9.17) is 0 Å². The fraction of sp³-hybridized carbons (Fsp3) is 0.100. The van der Waals surface area contributed by atoms with Crippen LogP contribution in [-0.4, -0.2) is 20.5 Å². The van der Waals surface area contributed by atoms with E-state index in [1.165, 1.54) is 18.2 Å². The summed E-state index contributed by atoms with van der Waals surface area (Å²) in [6.07, 6.45) is 3.11. The molecule has 0 fully saturated rings. The number of rotatable bonds is 5. The molecule has 26 heavy (non-hydrogen) atoms. The Morgan fingerprint density at radius 2 is 1.73 bits per heavy atom. The first kappa shape index (κ1) is 17.3. The van der Waals surface area contributed by atoms with Crippen LogP contribution in [0.15, 0.2) is 60.7 Å². The normalized spacial score (nSPS) is 11.0.